The molecule has 1 saturated heterocycles. The minimum atomic E-state index is -0.00134. The molecule has 1 aromatic heterocycles. The second-order valence-electron chi connectivity index (χ2n) is 5.43. The number of hydrogen-bond acceptors (Lipinski definition) is 5. The Bertz CT molecular complexity index is 651. The van der Waals surface area contributed by atoms with E-state index in [2.05, 4.69) is 10.1 Å². The second-order valence-corrected chi connectivity index (χ2v) is 5.43. The molecule has 0 aliphatic carbocycles. The fraction of sp³-hybridized carbons (Fsp3) is 0.438. The van der Waals surface area contributed by atoms with Gasteiger partial charge in [0.25, 0.3) is 0 Å². The summed E-state index contributed by atoms with van der Waals surface area (Å²) in [6.07, 6.45) is 1.17. The van der Waals surface area contributed by atoms with E-state index < -0.39 is 0 Å². The topological polar surface area (TPSA) is 68.5 Å². The number of likely N-dealkylation sites (tertiary alicyclic amines) is 1. The van der Waals surface area contributed by atoms with Crippen LogP contribution in [0.25, 0.3) is 0 Å². The monoisotopic (exact) mass is 301 g/mol. The highest BCUT2D eigenvalue weighted by Crippen LogP contribution is 2.28. The van der Waals surface area contributed by atoms with Gasteiger partial charge in [0.1, 0.15) is 5.75 Å². The number of aryl methyl sites for hydroxylation is 1. The SMILES string of the molecule is CCc1noc(C2CC(=O)N(Cc3ccc(OC)cc3)C2)n1. The summed E-state index contributed by atoms with van der Waals surface area (Å²) >= 11 is 0. The molecule has 3 rings (SSSR count). The first-order chi connectivity index (χ1) is 10.7. The number of ether oxygens (including phenoxy) is 1. The number of hydrogen-bond donors (Lipinski definition) is 0. The summed E-state index contributed by atoms with van der Waals surface area (Å²) in [6, 6.07) is 7.75. The zero-order valence-electron chi connectivity index (χ0n) is 12.8. The van der Waals surface area contributed by atoms with E-state index >= 15 is 0 Å². The fourth-order valence-electron chi connectivity index (χ4n) is 2.62. The van der Waals surface area contributed by atoms with Crippen LogP contribution in [0.1, 0.15) is 36.5 Å². The van der Waals surface area contributed by atoms with Crippen molar-refractivity contribution < 1.29 is 14.1 Å². The third-order valence-electron chi connectivity index (χ3n) is 3.90. The van der Waals surface area contributed by atoms with E-state index in [1.165, 1.54) is 0 Å². The highest BCUT2D eigenvalue weighted by atomic mass is 16.5. The van der Waals surface area contributed by atoms with Gasteiger partial charge in [-0.1, -0.05) is 24.2 Å². The van der Waals surface area contributed by atoms with Crippen LogP contribution in [0.5, 0.6) is 5.75 Å². The molecule has 1 amide bonds. The second kappa shape index (κ2) is 6.17. The summed E-state index contributed by atoms with van der Waals surface area (Å²) < 4.78 is 10.4. The molecule has 1 unspecified atom stereocenters. The average Bonchev–Trinajstić information content (AvgIpc) is 3.15. The maximum absolute atomic E-state index is 12.2. The van der Waals surface area contributed by atoms with Crippen LogP contribution >= 0.6 is 0 Å². The first-order valence-electron chi connectivity index (χ1n) is 7.42. The molecule has 1 aliphatic rings. The minimum absolute atomic E-state index is 0.00134. The number of carbonyl (C=O) groups is 1. The molecule has 116 valence electrons. The molecular weight excluding hydrogens is 282 g/mol. The summed E-state index contributed by atoms with van der Waals surface area (Å²) in [5.74, 6) is 2.20. The Morgan fingerprint density at radius 3 is 2.77 bits per heavy atom. The normalized spacial score (nSPS) is 18.0. The molecule has 2 heterocycles. The summed E-state index contributed by atoms with van der Waals surface area (Å²) in [6.45, 7) is 3.19. The van der Waals surface area contributed by atoms with E-state index in [0.29, 0.717) is 31.2 Å². The van der Waals surface area contributed by atoms with Gasteiger partial charge in [0.2, 0.25) is 11.8 Å². The van der Waals surface area contributed by atoms with Gasteiger partial charge in [0.15, 0.2) is 5.82 Å². The molecule has 6 nitrogen and oxygen atoms in total. The molecule has 1 aliphatic heterocycles. The van der Waals surface area contributed by atoms with Gasteiger partial charge in [-0.3, -0.25) is 4.79 Å². The molecule has 1 fully saturated rings. The first kappa shape index (κ1) is 14.6. The van der Waals surface area contributed by atoms with Crippen molar-refractivity contribution in [2.24, 2.45) is 0 Å². The molecule has 1 aromatic carbocycles. The van der Waals surface area contributed by atoms with Gasteiger partial charge in [-0.15, -0.1) is 0 Å². The van der Waals surface area contributed by atoms with Crippen LogP contribution in [0.3, 0.4) is 0 Å². The lowest BCUT2D eigenvalue weighted by molar-refractivity contribution is -0.128. The van der Waals surface area contributed by atoms with Crippen molar-refractivity contribution >= 4 is 5.91 Å². The van der Waals surface area contributed by atoms with Crippen molar-refractivity contribution in [2.75, 3.05) is 13.7 Å². The lowest BCUT2D eigenvalue weighted by Crippen LogP contribution is -2.24. The first-order valence-corrected chi connectivity index (χ1v) is 7.42. The van der Waals surface area contributed by atoms with Gasteiger partial charge in [-0.05, 0) is 17.7 Å². The Kier molecular flexibility index (Phi) is 4.09. The zero-order valence-corrected chi connectivity index (χ0v) is 12.8. The Hall–Kier alpha value is -2.37. The minimum Gasteiger partial charge on any atom is -0.497 e. The Labute approximate surface area is 129 Å². The van der Waals surface area contributed by atoms with E-state index in [0.717, 1.165) is 17.7 Å². The van der Waals surface area contributed by atoms with Crippen molar-refractivity contribution in [1.82, 2.24) is 15.0 Å². The van der Waals surface area contributed by atoms with Crippen molar-refractivity contribution in [3.8, 4) is 5.75 Å². The number of aromatic nitrogens is 2. The number of carbonyl (C=O) groups excluding carboxylic acids is 1. The standard InChI is InChI=1S/C16H19N3O3/c1-3-14-17-16(22-18-14)12-8-15(20)19(10-12)9-11-4-6-13(21-2)7-5-11/h4-7,12H,3,8-10H2,1-2H3. The lowest BCUT2D eigenvalue weighted by atomic mass is 10.1. The third kappa shape index (κ3) is 2.95. The highest BCUT2D eigenvalue weighted by Gasteiger charge is 2.34. The predicted octanol–water partition coefficient (Wildman–Crippen LogP) is 2.16. The largest absolute Gasteiger partial charge is 0.497 e. The van der Waals surface area contributed by atoms with Crippen LogP contribution < -0.4 is 4.74 Å². The van der Waals surface area contributed by atoms with Crippen molar-refractivity contribution in [3.63, 3.8) is 0 Å². The van der Waals surface area contributed by atoms with E-state index in [4.69, 9.17) is 9.26 Å². The van der Waals surface area contributed by atoms with Gasteiger partial charge in [-0.2, -0.15) is 4.98 Å². The Morgan fingerprint density at radius 1 is 1.36 bits per heavy atom. The quantitative estimate of drug-likeness (QED) is 0.846. The summed E-state index contributed by atoms with van der Waals surface area (Å²) in [5.41, 5.74) is 1.08. The molecule has 6 heteroatoms. The number of rotatable bonds is 5. The van der Waals surface area contributed by atoms with E-state index in [9.17, 15) is 4.79 Å². The van der Waals surface area contributed by atoms with E-state index in [1.807, 2.05) is 36.1 Å². The molecule has 0 spiro atoms. The van der Waals surface area contributed by atoms with Crippen molar-refractivity contribution in [3.05, 3.63) is 41.5 Å². The summed E-state index contributed by atoms with van der Waals surface area (Å²) in [4.78, 5) is 18.3. The van der Waals surface area contributed by atoms with Gasteiger partial charge < -0.3 is 14.2 Å². The van der Waals surface area contributed by atoms with Gasteiger partial charge in [0.05, 0.1) is 13.0 Å². The average molecular weight is 301 g/mol. The van der Waals surface area contributed by atoms with E-state index in [1.54, 1.807) is 7.11 Å². The number of amides is 1. The molecule has 1 atom stereocenters. The maximum Gasteiger partial charge on any atom is 0.232 e. The van der Waals surface area contributed by atoms with Gasteiger partial charge >= 0.3 is 0 Å². The number of nitrogens with zero attached hydrogens (tertiary/aromatic N) is 3. The molecule has 0 saturated carbocycles. The molecule has 0 bridgehead atoms. The molecular formula is C16H19N3O3. The number of benzene rings is 1. The summed E-state index contributed by atoms with van der Waals surface area (Å²) in [5, 5.41) is 3.90. The third-order valence-corrected chi connectivity index (χ3v) is 3.90. The maximum atomic E-state index is 12.2. The fourth-order valence-corrected chi connectivity index (χ4v) is 2.62. The van der Waals surface area contributed by atoms with Crippen LogP contribution in [0.4, 0.5) is 0 Å². The lowest BCUT2D eigenvalue weighted by Gasteiger charge is -2.16. The predicted molar refractivity (Wildman–Crippen MR) is 79.4 cm³/mol. The summed E-state index contributed by atoms with van der Waals surface area (Å²) in [7, 11) is 1.64. The molecule has 0 N–H and O–H groups in total. The van der Waals surface area contributed by atoms with Crippen LogP contribution in [0.2, 0.25) is 0 Å². The molecule has 0 radical (unpaired) electrons. The van der Waals surface area contributed by atoms with Gasteiger partial charge in [-0.25, -0.2) is 0 Å². The molecule has 22 heavy (non-hydrogen) atoms. The Balaban J connectivity index is 1.66. The smallest absolute Gasteiger partial charge is 0.232 e. The van der Waals surface area contributed by atoms with Crippen LogP contribution in [0, 0.1) is 0 Å². The van der Waals surface area contributed by atoms with Crippen LogP contribution in [0.15, 0.2) is 28.8 Å². The van der Waals surface area contributed by atoms with Gasteiger partial charge in [0, 0.05) is 25.9 Å². The number of methoxy groups -OCH3 is 1. The van der Waals surface area contributed by atoms with Crippen LogP contribution in [-0.4, -0.2) is 34.6 Å². The zero-order chi connectivity index (χ0) is 15.5. The highest BCUT2D eigenvalue weighted by molar-refractivity contribution is 5.79. The van der Waals surface area contributed by atoms with Crippen molar-refractivity contribution in [1.29, 1.82) is 0 Å². The van der Waals surface area contributed by atoms with Crippen molar-refractivity contribution in [2.45, 2.75) is 32.2 Å². The Morgan fingerprint density at radius 2 is 2.14 bits per heavy atom. The molecule has 2 aromatic rings. The van der Waals surface area contributed by atoms with E-state index in [-0.39, 0.29) is 11.8 Å². The van der Waals surface area contributed by atoms with Crippen LogP contribution in [-0.2, 0) is 17.8 Å².